The van der Waals surface area contributed by atoms with Crippen LogP contribution in [-0.2, 0) is 0 Å². The average Bonchev–Trinajstić information content (AvgIpc) is 2.67. The lowest BCUT2D eigenvalue weighted by molar-refractivity contribution is 0.509. The number of halogens is 2. The van der Waals surface area contributed by atoms with E-state index in [2.05, 4.69) is 51.5 Å². The van der Waals surface area contributed by atoms with E-state index < -0.39 is 11.6 Å². The van der Waals surface area contributed by atoms with Crippen LogP contribution in [0.25, 0.3) is 0 Å². The molecule has 0 fully saturated rings. The average molecular weight is 369 g/mol. The Morgan fingerprint density at radius 1 is 0.852 bits per heavy atom. The number of anilines is 5. The number of nitrogens with one attached hydrogen (secondary N) is 2. The summed E-state index contributed by atoms with van der Waals surface area (Å²) in [4.78, 5) is 10.7. The number of benzene rings is 2. The molecule has 0 bridgehead atoms. The van der Waals surface area contributed by atoms with Gasteiger partial charge in [-0.1, -0.05) is 0 Å². The third-order valence-electron chi connectivity index (χ3n) is 4.10. The molecular weight excluding hydrogens is 348 g/mol. The molecule has 0 unspecified atom stereocenters. The lowest BCUT2D eigenvalue weighted by atomic mass is 10.2. The molecule has 0 aliphatic carbocycles. The van der Waals surface area contributed by atoms with E-state index in [-0.39, 0.29) is 5.95 Å². The third-order valence-corrected chi connectivity index (χ3v) is 4.10. The van der Waals surface area contributed by atoms with E-state index in [0.717, 1.165) is 36.6 Å². The SMILES string of the molecule is CCN(CC)c1ccc(Nc2ccnc(Nc3ccc(F)c(F)c3)n2)cc1. The van der Waals surface area contributed by atoms with Gasteiger partial charge in [-0.05, 0) is 56.3 Å². The molecule has 2 N–H and O–H groups in total. The summed E-state index contributed by atoms with van der Waals surface area (Å²) >= 11 is 0. The van der Waals surface area contributed by atoms with E-state index in [4.69, 9.17) is 0 Å². The predicted molar refractivity (Wildman–Crippen MR) is 105 cm³/mol. The minimum atomic E-state index is -0.928. The first-order chi connectivity index (χ1) is 13.1. The second-order valence-electron chi connectivity index (χ2n) is 5.86. The molecule has 1 aromatic heterocycles. The second kappa shape index (κ2) is 8.44. The number of nitrogens with zero attached hydrogens (tertiary/aromatic N) is 3. The summed E-state index contributed by atoms with van der Waals surface area (Å²) in [6, 6.07) is 13.3. The van der Waals surface area contributed by atoms with Crippen molar-refractivity contribution in [3.05, 3.63) is 66.4 Å². The molecule has 0 amide bonds. The van der Waals surface area contributed by atoms with Gasteiger partial charge in [0.2, 0.25) is 5.95 Å². The molecule has 0 spiro atoms. The van der Waals surface area contributed by atoms with Crippen molar-refractivity contribution in [1.82, 2.24) is 9.97 Å². The fourth-order valence-electron chi connectivity index (χ4n) is 2.68. The molecule has 1 heterocycles. The van der Waals surface area contributed by atoms with Gasteiger partial charge in [0.25, 0.3) is 0 Å². The molecule has 0 aliphatic rings. The van der Waals surface area contributed by atoms with Gasteiger partial charge in [-0.2, -0.15) is 4.98 Å². The molecule has 2 aromatic carbocycles. The Bertz CT molecular complexity index is 895. The van der Waals surface area contributed by atoms with Gasteiger partial charge in [-0.3, -0.25) is 0 Å². The first-order valence-electron chi connectivity index (χ1n) is 8.76. The second-order valence-corrected chi connectivity index (χ2v) is 5.86. The highest BCUT2D eigenvalue weighted by Crippen LogP contribution is 2.22. The molecule has 0 atom stereocenters. The van der Waals surface area contributed by atoms with Crippen LogP contribution in [0.2, 0.25) is 0 Å². The maximum absolute atomic E-state index is 13.3. The Hall–Kier alpha value is -3.22. The fraction of sp³-hybridized carbons (Fsp3) is 0.200. The highest BCUT2D eigenvalue weighted by atomic mass is 19.2. The minimum absolute atomic E-state index is 0.283. The van der Waals surface area contributed by atoms with E-state index in [1.54, 1.807) is 12.3 Å². The minimum Gasteiger partial charge on any atom is -0.372 e. The topological polar surface area (TPSA) is 53.1 Å². The smallest absolute Gasteiger partial charge is 0.229 e. The number of rotatable bonds is 7. The van der Waals surface area contributed by atoms with Crippen LogP contribution in [0.3, 0.4) is 0 Å². The quantitative estimate of drug-likeness (QED) is 0.608. The van der Waals surface area contributed by atoms with Crippen LogP contribution in [0.5, 0.6) is 0 Å². The van der Waals surface area contributed by atoms with Crippen molar-refractivity contribution >= 4 is 28.8 Å². The number of aromatic nitrogens is 2. The molecule has 0 saturated carbocycles. The molecular formula is C20H21F2N5. The van der Waals surface area contributed by atoms with Gasteiger partial charge in [-0.25, -0.2) is 13.8 Å². The van der Waals surface area contributed by atoms with Crippen molar-refractivity contribution in [3.8, 4) is 0 Å². The zero-order valence-corrected chi connectivity index (χ0v) is 15.2. The Morgan fingerprint density at radius 2 is 1.56 bits per heavy atom. The van der Waals surface area contributed by atoms with Gasteiger partial charge in [0, 0.05) is 42.4 Å². The molecule has 0 aliphatic heterocycles. The van der Waals surface area contributed by atoms with Crippen LogP contribution >= 0.6 is 0 Å². The molecule has 140 valence electrons. The Balaban J connectivity index is 1.71. The molecule has 7 heteroatoms. The van der Waals surface area contributed by atoms with E-state index >= 15 is 0 Å². The number of hydrogen-bond donors (Lipinski definition) is 2. The third kappa shape index (κ3) is 4.69. The van der Waals surface area contributed by atoms with E-state index in [9.17, 15) is 8.78 Å². The Kier molecular flexibility index (Phi) is 5.80. The van der Waals surface area contributed by atoms with Gasteiger partial charge >= 0.3 is 0 Å². The zero-order chi connectivity index (χ0) is 19.2. The standard InChI is InChI=1S/C20H21F2N5/c1-3-27(4-2)16-8-5-14(6-9-16)24-19-11-12-23-20(26-19)25-15-7-10-17(21)18(22)13-15/h5-13H,3-4H2,1-2H3,(H2,23,24,25,26). The molecule has 3 rings (SSSR count). The highest BCUT2D eigenvalue weighted by Gasteiger charge is 2.06. The van der Waals surface area contributed by atoms with Crippen LogP contribution < -0.4 is 15.5 Å². The van der Waals surface area contributed by atoms with Crippen molar-refractivity contribution in [2.45, 2.75) is 13.8 Å². The van der Waals surface area contributed by atoms with Gasteiger partial charge in [0.05, 0.1) is 0 Å². The lowest BCUT2D eigenvalue weighted by Crippen LogP contribution is -2.21. The van der Waals surface area contributed by atoms with Crippen LogP contribution in [0.4, 0.5) is 37.6 Å². The maximum Gasteiger partial charge on any atom is 0.229 e. The van der Waals surface area contributed by atoms with Crippen LogP contribution in [0, 0.1) is 11.6 Å². The summed E-state index contributed by atoms with van der Waals surface area (Å²) in [5, 5.41) is 6.07. The van der Waals surface area contributed by atoms with Gasteiger partial charge < -0.3 is 15.5 Å². The van der Waals surface area contributed by atoms with Crippen molar-refractivity contribution in [2.75, 3.05) is 28.6 Å². The van der Waals surface area contributed by atoms with E-state index in [1.165, 1.54) is 6.07 Å². The number of hydrogen-bond acceptors (Lipinski definition) is 5. The fourth-order valence-corrected chi connectivity index (χ4v) is 2.68. The van der Waals surface area contributed by atoms with Crippen LogP contribution in [0.1, 0.15) is 13.8 Å². The first-order valence-corrected chi connectivity index (χ1v) is 8.76. The molecule has 5 nitrogen and oxygen atoms in total. The van der Waals surface area contributed by atoms with Crippen LogP contribution in [-0.4, -0.2) is 23.1 Å². The Morgan fingerprint density at radius 3 is 2.22 bits per heavy atom. The summed E-state index contributed by atoms with van der Waals surface area (Å²) in [6.45, 7) is 6.15. The van der Waals surface area contributed by atoms with Crippen LogP contribution in [0.15, 0.2) is 54.7 Å². The normalized spacial score (nSPS) is 10.5. The summed E-state index contributed by atoms with van der Waals surface area (Å²) in [5.41, 5.74) is 2.42. The Labute approximate surface area is 157 Å². The van der Waals surface area contributed by atoms with Crippen molar-refractivity contribution in [1.29, 1.82) is 0 Å². The van der Waals surface area contributed by atoms with E-state index in [0.29, 0.717) is 11.5 Å². The molecule has 0 saturated heterocycles. The van der Waals surface area contributed by atoms with Gasteiger partial charge in [0.15, 0.2) is 11.6 Å². The monoisotopic (exact) mass is 369 g/mol. The summed E-state index contributed by atoms with van der Waals surface area (Å²) in [7, 11) is 0. The first kappa shape index (κ1) is 18.6. The van der Waals surface area contributed by atoms with Crippen molar-refractivity contribution < 1.29 is 8.78 Å². The maximum atomic E-state index is 13.3. The lowest BCUT2D eigenvalue weighted by Gasteiger charge is -2.21. The molecule has 3 aromatic rings. The van der Waals surface area contributed by atoms with Crippen molar-refractivity contribution in [2.24, 2.45) is 0 Å². The molecule has 27 heavy (non-hydrogen) atoms. The summed E-state index contributed by atoms with van der Waals surface area (Å²) < 4.78 is 26.3. The highest BCUT2D eigenvalue weighted by molar-refractivity contribution is 5.62. The molecule has 0 radical (unpaired) electrons. The van der Waals surface area contributed by atoms with E-state index in [1.807, 2.05) is 12.1 Å². The van der Waals surface area contributed by atoms with Crippen molar-refractivity contribution in [3.63, 3.8) is 0 Å². The van der Waals surface area contributed by atoms with Gasteiger partial charge in [-0.15, -0.1) is 0 Å². The van der Waals surface area contributed by atoms with Gasteiger partial charge in [0.1, 0.15) is 5.82 Å². The summed E-state index contributed by atoms with van der Waals surface area (Å²) in [6.07, 6.45) is 1.59. The predicted octanol–water partition coefficient (Wildman–Crippen LogP) is 5.09. The zero-order valence-electron chi connectivity index (χ0n) is 15.2. The summed E-state index contributed by atoms with van der Waals surface area (Å²) in [5.74, 6) is -0.955. The largest absolute Gasteiger partial charge is 0.372 e.